The van der Waals surface area contributed by atoms with E-state index in [1.807, 2.05) is 0 Å². The zero-order valence-electron chi connectivity index (χ0n) is 10.1. The smallest absolute Gasteiger partial charge is 0.227 e. The lowest BCUT2D eigenvalue weighted by Gasteiger charge is -2.21. The number of nitrogens with one attached hydrogen (secondary N) is 1. The molecule has 92 valence electrons. The van der Waals surface area contributed by atoms with E-state index in [9.17, 15) is 9.18 Å². The van der Waals surface area contributed by atoms with Gasteiger partial charge in [0.2, 0.25) is 5.91 Å². The summed E-state index contributed by atoms with van der Waals surface area (Å²) in [6.07, 6.45) is 5.47. The molecule has 2 rings (SSSR count). The van der Waals surface area contributed by atoms with Gasteiger partial charge in [-0.2, -0.15) is 0 Å². The highest BCUT2D eigenvalue weighted by Crippen LogP contribution is 2.25. The lowest BCUT2D eigenvalue weighted by Crippen LogP contribution is -2.25. The number of hydrogen-bond donors (Lipinski definition) is 1. The number of carbonyl (C=O) groups is 1. The van der Waals surface area contributed by atoms with Gasteiger partial charge in [0, 0.05) is 11.6 Å². The predicted molar refractivity (Wildman–Crippen MR) is 66.3 cm³/mol. The molecule has 0 aliphatic heterocycles. The van der Waals surface area contributed by atoms with E-state index in [4.69, 9.17) is 0 Å². The van der Waals surface area contributed by atoms with Gasteiger partial charge in [-0.25, -0.2) is 4.39 Å². The van der Waals surface area contributed by atoms with Gasteiger partial charge in [-0.1, -0.05) is 19.3 Å². The van der Waals surface area contributed by atoms with E-state index in [0.717, 1.165) is 36.9 Å². The molecule has 1 saturated carbocycles. The quantitative estimate of drug-likeness (QED) is 0.832. The maximum atomic E-state index is 12.9. The van der Waals surface area contributed by atoms with Crippen LogP contribution in [-0.4, -0.2) is 5.91 Å². The summed E-state index contributed by atoms with van der Waals surface area (Å²) in [5.74, 6) is -0.0502. The van der Waals surface area contributed by atoms with Crippen molar-refractivity contribution in [1.29, 1.82) is 0 Å². The minimum absolute atomic E-state index is 0.0828. The van der Waals surface area contributed by atoms with Crippen LogP contribution in [0.5, 0.6) is 0 Å². The van der Waals surface area contributed by atoms with Gasteiger partial charge >= 0.3 is 0 Å². The van der Waals surface area contributed by atoms with Gasteiger partial charge < -0.3 is 5.32 Å². The molecule has 2 nitrogen and oxygen atoms in total. The van der Waals surface area contributed by atoms with Crippen molar-refractivity contribution in [3.05, 3.63) is 29.6 Å². The second-order valence-corrected chi connectivity index (χ2v) is 4.78. The number of aryl methyl sites for hydroxylation is 1. The van der Waals surface area contributed by atoms with Crippen LogP contribution in [0.2, 0.25) is 0 Å². The highest BCUT2D eigenvalue weighted by molar-refractivity contribution is 5.93. The largest absolute Gasteiger partial charge is 0.326 e. The summed E-state index contributed by atoms with van der Waals surface area (Å²) < 4.78 is 12.9. The van der Waals surface area contributed by atoms with E-state index in [0.29, 0.717) is 0 Å². The maximum Gasteiger partial charge on any atom is 0.227 e. The molecule has 17 heavy (non-hydrogen) atoms. The highest BCUT2D eigenvalue weighted by Gasteiger charge is 2.21. The van der Waals surface area contributed by atoms with Crippen LogP contribution in [0.25, 0.3) is 0 Å². The summed E-state index contributed by atoms with van der Waals surface area (Å²) in [5, 5.41) is 2.90. The fourth-order valence-electron chi connectivity index (χ4n) is 2.37. The summed E-state index contributed by atoms with van der Waals surface area (Å²) in [6, 6.07) is 4.45. The molecule has 0 aromatic heterocycles. The van der Waals surface area contributed by atoms with Crippen LogP contribution in [0.15, 0.2) is 18.2 Å². The molecule has 1 fully saturated rings. The van der Waals surface area contributed by atoms with Gasteiger partial charge in [0.05, 0.1) is 0 Å². The third-order valence-electron chi connectivity index (χ3n) is 3.42. The Hall–Kier alpha value is -1.38. The van der Waals surface area contributed by atoms with Crippen LogP contribution in [0, 0.1) is 18.7 Å². The van der Waals surface area contributed by atoms with Gasteiger partial charge in [-0.15, -0.1) is 0 Å². The van der Waals surface area contributed by atoms with E-state index in [2.05, 4.69) is 5.32 Å². The lowest BCUT2D eigenvalue weighted by molar-refractivity contribution is -0.120. The van der Waals surface area contributed by atoms with Crippen molar-refractivity contribution in [2.24, 2.45) is 5.92 Å². The molecule has 0 unspecified atom stereocenters. The molecule has 1 amide bonds. The van der Waals surface area contributed by atoms with E-state index in [-0.39, 0.29) is 17.6 Å². The van der Waals surface area contributed by atoms with Crippen LogP contribution < -0.4 is 5.32 Å². The number of halogens is 1. The predicted octanol–water partition coefficient (Wildman–Crippen LogP) is 3.65. The van der Waals surface area contributed by atoms with Crippen LogP contribution >= 0.6 is 0 Å². The summed E-state index contributed by atoms with van der Waals surface area (Å²) in [7, 11) is 0. The Bertz CT molecular complexity index is 411. The van der Waals surface area contributed by atoms with Gasteiger partial charge in [-0.3, -0.25) is 4.79 Å². The molecular formula is C14H18FNO. The van der Waals surface area contributed by atoms with Crippen LogP contribution in [-0.2, 0) is 4.79 Å². The molecule has 0 bridgehead atoms. The lowest BCUT2D eigenvalue weighted by atomic mass is 9.88. The van der Waals surface area contributed by atoms with Gasteiger partial charge in [0.1, 0.15) is 5.82 Å². The van der Waals surface area contributed by atoms with E-state index < -0.39 is 0 Å². The molecular weight excluding hydrogens is 217 g/mol. The average molecular weight is 235 g/mol. The van der Waals surface area contributed by atoms with Crippen LogP contribution in [0.1, 0.15) is 37.7 Å². The second kappa shape index (κ2) is 5.30. The normalized spacial score (nSPS) is 16.8. The Morgan fingerprint density at radius 3 is 2.65 bits per heavy atom. The molecule has 1 aromatic rings. The van der Waals surface area contributed by atoms with Crippen LogP contribution in [0.4, 0.5) is 10.1 Å². The van der Waals surface area contributed by atoms with Crippen molar-refractivity contribution in [1.82, 2.24) is 0 Å². The van der Waals surface area contributed by atoms with E-state index in [1.165, 1.54) is 18.6 Å². The SMILES string of the molecule is Cc1cc(F)ccc1NC(=O)C1CCCCC1. The van der Waals surface area contributed by atoms with E-state index in [1.54, 1.807) is 13.0 Å². The third-order valence-corrected chi connectivity index (χ3v) is 3.42. The first-order valence-corrected chi connectivity index (χ1v) is 6.24. The summed E-state index contributed by atoms with van der Waals surface area (Å²) >= 11 is 0. The topological polar surface area (TPSA) is 29.1 Å². The molecule has 1 aliphatic carbocycles. The summed E-state index contributed by atoms with van der Waals surface area (Å²) in [5.41, 5.74) is 1.50. The van der Waals surface area contributed by atoms with Crippen molar-refractivity contribution in [3.63, 3.8) is 0 Å². The van der Waals surface area contributed by atoms with Crippen LogP contribution in [0.3, 0.4) is 0 Å². The first-order chi connectivity index (χ1) is 8.16. The average Bonchev–Trinajstić information content (AvgIpc) is 2.34. The number of carbonyl (C=O) groups excluding carboxylic acids is 1. The maximum absolute atomic E-state index is 12.9. The zero-order valence-corrected chi connectivity index (χ0v) is 10.1. The summed E-state index contributed by atoms with van der Waals surface area (Å²) in [4.78, 5) is 12.0. The number of benzene rings is 1. The first-order valence-electron chi connectivity index (χ1n) is 6.24. The Morgan fingerprint density at radius 2 is 2.00 bits per heavy atom. The molecule has 0 saturated heterocycles. The van der Waals surface area contributed by atoms with Crippen molar-refractivity contribution < 1.29 is 9.18 Å². The van der Waals surface area contributed by atoms with Crippen molar-refractivity contribution in [2.45, 2.75) is 39.0 Å². The fourth-order valence-corrected chi connectivity index (χ4v) is 2.37. The number of amides is 1. The molecule has 0 radical (unpaired) electrons. The Kier molecular flexibility index (Phi) is 3.77. The molecule has 3 heteroatoms. The molecule has 1 N–H and O–H groups in total. The number of hydrogen-bond acceptors (Lipinski definition) is 1. The van der Waals surface area contributed by atoms with Crippen molar-refractivity contribution >= 4 is 11.6 Å². The molecule has 0 spiro atoms. The van der Waals surface area contributed by atoms with Gasteiger partial charge in [0.25, 0.3) is 0 Å². The molecule has 0 heterocycles. The van der Waals surface area contributed by atoms with Gasteiger partial charge in [0.15, 0.2) is 0 Å². The fraction of sp³-hybridized carbons (Fsp3) is 0.500. The van der Waals surface area contributed by atoms with Crippen molar-refractivity contribution in [2.75, 3.05) is 5.32 Å². The molecule has 0 atom stereocenters. The van der Waals surface area contributed by atoms with Crippen molar-refractivity contribution in [3.8, 4) is 0 Å². The standard InChI is InChI=1S/C14H18FNO/c1-10-9-12(15)7-8-13(10)16-14(17)11-5-3-2-4-6-11/h7-9,11H,2-6H2,1H3,(H,16,17). The summed E-state index contributed by atoms with van der Waals surface area (Å²) in [6.45, 7) is 1.81. The molecule has 1 aromatic carbocycles. The molecule has 1 aliphatic rings. The second-order valence-electron chi connectivity index (χ2n) is 4.78. The highest BCUT2D eigenvalue weighted by atomic mass is 19.1. The van der Waals surface area contributed by atoms with Gasteiger partial charge in [-0.05, 0) is 43.5 Å². The first kappa shape index (κ1) is 12.1. The zero-order chi connectivity index (χ0) is 12.3. The number of rotatable bonds is 2. The Labute approximate surface area is 101 Å². The minimum Gasteiger partial charge on any atom is -0.326 e. The Morgan fingerprint density at radius 1 is 1.29 bits per heavy atom. The van der Waals surface area contributed by atoms with E-state index >= 15 is 0 Å². The third kappa shape index (κ3) is 3.05. The monoisotopic (exact) mass is 235 g/mol. The minimum atomic E-state index is -0.266. The number of anilines is 1. The Balaban J connectivity index is 2.02.